The summed E-state index contributed by atoms with van der Waals surface area (Å²) in [6, 6.07) is 13.8. The molecule has 0 radical (unpaired) electrons. The van der Waals surface area contributed by atoms with E-state index in [1.54, 1.807) is 48.5 Å². The minimum atomic E-state index is -0.379. The summed E-state index contributed by atoms with van der Waals surface area (Å²) in [4.78, 5) is 24.8. The summed E-state index contributed by atoms with van der Waals surface area (Å²) in [5.74, 6) is -0.0131. The number of rotatable bonds is 10. The van der Waals surface area contributed by atoms with Crippen molar-refractivity contribution in [3.63, 3.8) is 0 Å². The van der Waals surface area contributed by atoms with Crippen LogP contribution in [-0.2, 0) is 4.74 Å². The highest BCUT2D eigenvalue weighted by atomic mass is 32.1. The molecule has 160 valence electrons. The lowest BCUT2D eigenvalue weighted by molar-refractivity contribution is 0.0952. The van der Waals surface area contributed by atoms with Gasteiger partial charge in [-0.3, -0.25) is 14.9 Å². The molecule has 0 spiro atoms. The maximum Gasteiger partial charge on any atom is 0.257 e. The minimum absolute atomic E-state index is 0.0957. The average Bonchev–Trinajstić information content (AvgIpc) is 2.75. The van der Waals surface area contributed by atoms with E-state index in [1.807, 2.05) is 13.8 Å². The number of carbonyl (C=O) groups excluding carboxylic acids is 2. The van der Waals surface area contributed by atoms with Crippen LogP contribution < -0.4 is 20.7 Å². The third-order valence-electron chi connectivity index (χ3n) is 3.98. The van der Waals surface area contributed by atoms with Gasteiger partial charge in [0.05, 0.1) is 17.9 Å². The van der Waals surface area contributed by atoms with Gasteiger partial charge in [0.15, 0.2) is 5.11 Å². The number of benzene rings is 2. The predicted octanol–water partition coefficient (Wildman–Crippen LogP) is 3.37. The van der Waals surface area contributed by atoms with Gasteiger partial charge in [-0.15, -0.1) is 0 Å². The topological polar surface area (TPSA) is 88.7 Å². The second kappa shape index (κ2) is 12.6. The molecule has 0 fully saturated rings. The molecular formula is C22H27N3O4S. The Kier molecular flexibility index (Phi) is 9.76. The van der Waals surface area contributed by atoms with E-state index in [2.05, 4.69) is 16.0 Å². The molecule has 2 aromatic carbocycles. The van der Waals surface area contributed by atoms with E-state index >= 15 is 0 Å². The minimum Gasteiger partial charge on any atom is -0.491 e. The number of hydrogen-bond donors (Lipinski definition) is 3. The fourth-order valence-electron chi connectivity index (χ4n) is 2.54. The molecule has 0 heterocycles. The van der Waals surface area contributed by atoms with Crippen LogP contribution in [0.15, 0.2) is 48.5 Å². The van der Waals surface area contributed by atoms with Crippen molar-refractivity contribution >= 4 is 34.8 Å². The molecule has 2 rings (SSSR count). The Balaban J connectivity index is 1.97. The molecule has 0 unspecified atom stereocenters. The summed E-state index contributed by atoms with van der Waals surface area (Å²) < 4.78 is 10.8. The van der Waals surface area contributed by atoms with Gasteiger partial charge >= 0.3 is 0 Å². The third-order valence-corrected chi connectivity index (χ3v) is 4.18. The summed E-state index contributed by atoms with van der Waals surface area (Å²) in [7, 11) is 0. The molecule has 2 aromatic rings. The Bertz CT molecular complexity index is 873. The molecule has 7 nitrogen and oxygen atoms in total. The Morgan fingerprint density at radius 3 is 2.57 bits per heavy atom. The summed E-state index contributed by atoms with van der Waals surface area (Å²) in [6.45, 7) is 5.98. The predicted molar refractivity (Wildman–Crippen MR) is 121 cm³/mol. The highest BCUT2D eigenvalue weighted by molar-refractivity contribution is 7.80. The zero-order valence-electron chi connectivity index (χ0n) is 17.2. The SMILES string of the molecule is CCCNC(=O)c1ccccc1NC(=S)NC(=O)c1cccc(OCCOCC)c1. The first kappa shape index (κ1) is 23.3. The summed E-state index contributed by atoms with van der Waals surface area (Å²) in [6.07, 6.45) is 0.838. The second-order valence-electron chi connectivity index (χ2n) is 6.28. The van der Waals surface area contributed by atoms with Gasteiger partial charge in [0.1, 0.15) is 12.4 Å². The highest BCUT2D eigenvalue weighted by Gasteiger charge is 2.13. The molecule has 0 saturated heterocycles. The number of para-hydroxylation sites is 1. The lowest BCUT2D eigenvalue weighted by atomic mass is 10.1. The molecule has 0 aliphatic rings. The van der Waals surface area contributed by atoms with Gasteiger partial charge in [0.25, 0.3) is 11.8 Å². The van der Waals surface area contributed by atoms with Gasteiger partial charge in [0, 0.05) is 18.7 Å². The van der Waals surface area contributed by atoms with Crippen LogP contribution in [0.5, 0.6) is 5.75 Å². The molecule has 0 aliphatic heterocycles. The maximum absolute atomic E-state index is 12.5. The number of amides is 2. The lowest BCUT2D eigenvalue weighted by Gasteiger charge is -2.14. The monoisotopic (exact) mass is 429 g/mol. The van der Waals surface area contributed by atoms with Crippen molar-refractivity contribution < 1.29 is 19.1 Å². The van der Waals surface area contributed by atoms with Crippen LogP contribution in [-0.4, -0.2) is 43.3 Å². The van der Waals surface area contributed by atoms with Crippen molar-refractivity contribution in [3.05, 3.63) is 59.7 Å². The fourth-order valence-corrected chi connectivity index (χ4v) is 2.75. The first-order valence-corrected chi connectivity index (χ1v) is 10.3. The molecule has 8 heteroatoms. The summed E-state index contributed by atoms with van der Waals surface area (Å²) in [5.41, 5.74) is 1.37. The van der Waals surface area contributed by atoms with E-state index in [4.69, 9.17) is 21.7 Å². The van der Waals surface area contributed by atoms with Crippen LogP contribution >= 0.6 is 12.2 Å². The molecule has 30 heavy (non-hydrogen) atoms. The molecular weight excluding hydrogens is 402 g/mol. The number of nitrogens with one attached hydrogen (secondary N) is 3. The van der Waals surface area contributed by atoms with E-state index in [1.165, 1.54) is 0 Å². The van der Waals surface area contributed by atoms with Gasteiger partial charge in [-0.25, -0.2) is 0 Å². The molecule has 0 aliphatic carbocycles. The standard InChI is InChI=1S/C22H27N3O4S/c1-3-12-23-21(27)18-10-5-6-11-19(18)24-22(30)25-20(26)16-8-7-9-17(15-16)29-14-13-28-4-2/h5-11,15H,3-4,12-14H2,1-2H3,(H,23,27)(H2,24,25,26,30). The van der Waals surface area contributed by atoms with E-state index in [9.17, 15) is 9.59 Å². The lowest BCUT2D eigenvalue weighted by Crippen LogP contribution is -2.35. The van der Waals surface area contributed by atoms with Crippen LogP contribution in [0, 0.1) is 0 Å². The van der Waals surface area contributed by atoms with E-state index in [-0.39, 0.29) is 16.9 Å². The maximum atomic E-state index is 12.5. The molecule has 0 bridgehead atoms. The van der Waals surface area contributed by atoms with Crippen molar-refractivity contribution in [3.8, 4) is 5.75 Å². The molecule has 0 aromatic heterocycles. The quantitative estimate of drug-likeness (QED) is 0.396. The number of anilines is 1. The highest BCUT2D eigenvalue weighted by Crippen LogP contribution is 2.16. The Morgan fingerprint density at radius 1 is 1.00 bits per heavy atom. The van der Waals surface area contributed by atoms with Gasteiger partial charge < -0.3 is 20.1 Å². The normalized spacial score (nSPS) is 10.2. The first-order valence-electron chi connectivity index (χ1n) is 9.85. The van der Waals surface area contributed by atoms with Gasteiger partial charge in [-0.1, -0.05) is 25.1 Å². The molecule has 0 atom stereocenters. The number of carbonyl (C=O) groups is 2. The molecule has 2 amide bonds. The summed E-state index contributed by atoms with van der Waals surface area (Å²) >= 11 is 5.26. The largest absolute Gasteiger partial charge is 0.491 e. The fraction of sp³-hybridized carbons (Fsp3) is 0.318. The van der Waals surface area contributed by atoms with Crippen molar-refractivity contribution in [1.29, 1.82) is 0 Å². The van der Waals surface area contributed by atoms with Crippen LogP contribution in [0.1, 0.15) is 41.0 Å². The van der Waals surface area contributed by atoms with E-state index < -0.39 is 0 Å². The van der Waals surface area contributed by atoms with Gasteiger partial charge in [0.2, 0.25) is 0 Å². The Labute approximate surface area is 182 Å². The number of hydrogen-bond acceptors (Lipinski definition) is 5. The van der Waals surface area contributed by atoms with Crippen LogP contribution in [0.25, 0.3) is 0 Å². The van der Waals surface area contributed by atoms with Crippen LogP contribution in [0.4, 0.5) is 5.69 Å². The van der Waals surface area contributed by atoms with Crippen molar-refractivity contribution in [2.45, 2.75) is 20.3 Å². The van der Waals surface area contributed by atoms with E-state index in [0.717, 1.165) is 6.42 Å². The van der Waals surface area contributed by atoms with Crippen molar-refractivity contribution in [2.75, 3.05) is 31.7 Å². The van der Waals surface area contributed by atoms with E-state index in [0.29, 0.717) is 48.9 Å². The van der Waals surface area contributed by atoms with Crippen molar-refractivity contribution in [2.24, 2.45) is 0 Å². The number of ether oxygens (including phenoxy) is 2. The average molecular weight is 430 g/mol. The van der Waals surface area contributed by atoms with Crippen LogP contribution in [0.3, 0.4) is 0 Å². The molecule has 3 N–H and O–H groups in total. The van der Waals surface area contributed by atoms with Crippen molar-refractivity contribution in [1.82, 2.24) is 10.6 Å². The Morgan fingerprint density at radius 2 is 1.80 bits per heavy atom. The first-order chi connectivity index (χ1) is 14.5. The summed E-state index contributed by atoms with van der Waals surface area (Å²) in [5, 5.41) is 8.47. The Hall–Kier alpha value is -2.97. The zero-order chi connectivity index (χ0) is 21.8. The van der Waals surface area contributed by atoms with Crippen LogP contribution in [0.2, 0.25) is 0 Å². The number of thiocarbonyl (C=S) groups is 1. The second-order valence-corrected chi connectivity index (χ2v) is 6.69. The third kappa shape index (κ3) is 7.46. The van der Waals surface area contributed by atoms with Gasteiger partial charge in [-0.05, 0) is 55.9 Å². The smallest absolute Gasteiger partial charge is 0.257 e. The van der Waals surface area contributed by atoms with Gasteiger partial charge in [-0.2, -0.15) is 0 Å². The molecule has 0 saturated carbocycles. The zero-order valence-corrected chi connectivity index (χ0v) is 18.0.